The Labute approximate surface area is 57.4 Å². The van der Waals surface area contributed by atoms with E-state index in [1.165, 1.54) is 4.68 Å². The molecule has 0 amide bonds. The zero-order valence-corrected chi connectivity index (χ0v) is 5.52. The zero-order chi connectivity index (χ0) is 7.56. The molecule has 0 bridgehead atoms. The van der Waals surface area contributed by atoms with Gasteiger partial charge in [0.1, 0.15) is 5.69 Å². The van der Waals surface area contributed by atoms with Crippen LogP contribution in [0.3, 0.4) is 0 Å². The first-order chi connectivity index (χ1) is 4.70. The van der Waals surface area contributed by atoms with Crippen LogP contribution in [0.2, 0.25) is 0 Å². The van der Waals surface area contributed by atoms with Gasteiger partial charge in [-0.2, -0.15) is 5.10 Å². The van der Waals surface area contributed by atoms with Crippen LogP contribution in [0.4, 0.5) is 0 Å². The molecule has 5 heteroatoms. The number of aryl methyl sites for hydroxylation is 1. The number of hydrogen-bond acceptors (Lipinski definition) is 3. The van der Waals surface area contributed by atoms with Gasteiger partial charge in [-0.15, -0.1) is 0 Å². The molecule has 1 aromatic heterocycles. The molecule has 1 aromatic rings. The highest BCUT2D eigenvalue weighted by atomic mass is 16.6. The van der Waals surface area contributed by atoms with Gasteiger partial charge in [0.2, 0.25) is 6.54 Å². The summed E-state index contributed by atoms with van der Waals surface area (Å²) in [5.41, 5.74) is 0.616. The summed E-state index contributed by atoms with van der Waals surface area (Å²) in [7, 11) is 1.68. The smallest absolute Gasteiger partial charge is 0.245 e. The summed E-state index contributed by atoms with van der Waals surface area (Å²) in [5.74, 6) is 0. The van der Waals surface area contributed by atoms with E-state index in [4.69, 9.17) is 0 Å². The van der Waals surface area contributed by atoms with Crippen LogP contribution in [0.1, 0.15) is 5.69 Å². The Hall–Kier alpha value is -1.39. The molecule has 0 aliphatic rings. The number of nitrogens with zero attached hydrogens (tertiary/aromatic N) is 3. The second kappa shape index (κ2) is 2.47. The molecule has 1 heterocycles. The van der Waals surface area contributed by atoms with Gasteiger partial charge in [-0.25, -0.2) is 0 Å². The first-order valence-corrected chi connectivity index (χ1v) is 2.79. The molecule has 0 saturated heterocycles. The number of aromatic nitrogens is 2. The lowest BCUT2D eigenvalue weighted by atomic mass is 10.4. The zero-order valence-electron chi connectivity index (χ0n) is 5.52. The largest absolute Gasteiger partial charge is 0.266 e. The highest BCUT2D eigenvalue weighted by Gasteiger charge is 2.03. The first kappa shape index (κ1) is 6.73. The van der Waals surface area contributed by atoms with Crippen LogP contribution >= 0.6 is 0 Å². The predicted octanol–water partition coefficient (Wildman–Crippen LogP) is 0.197. The Morgan fingerprint density at radius 3 is 3.00 bits per heavy atom. The fourth-order valence-corrected chi connectivity index (χ4v) is 0.689. The maximum Gasteiger partial charge on any atom is 0.245 e. The maximum atomic E-state index is 9.98. The molecule has 0 atom stereocenters. The van der Waals surface area contributed by atoms with Crippen molar-refractivity contribution in [3.8, 4) is 0 Å². The lowest BCUT2D eigenvalue weighted by Crippen LogP contribution is -2.04. The van der Waals surface area contributed by atoms with E-state index in [0.717, 1.165) is 0 Å². The molecule has 54 valence electrons. The Bertz CT molecular complexity index is 243. The summed E-state index contributed by atoms with van der Waals surface area (Å²) in [4.78, 5) is 9.61. The highest BCUT2D eigenvalue weighted by Crippen LogP contribution is 1.96. The van der Waals surface area contributed by atoms with Gasteiger partial charge < -0.3 is 0 Å². The lowest BCUT2D eigenvalue weighted by Gasteiger charge is -1.93. The van der Waals surface area contributed by atoms with Gasteiger partial charge in [0.05, 0.1) is 0 Å². The van der Waals surface area contributed by atoms with E-state index in [0.29, 0.717) is 5.69 Å². The molecular formula is C5H7N3O2. The van der Waals surface area contributed by atoms with Crippen LogP contribution in [0.25, 0.3) is 0 Å². The Balaban J connectivity index is 2.74. The van der Waals surface area contributed by atoms with E-state index in [1.54, 1.807) is 19.3 Å². The molecule has 0 fully saturated rings. The molecule has 0 unspecified atom stereocenters. The van der Waals surface area contributed by atoms with Crippen molar-refractivity contribution in [1.29, 1.82) is 0 Å². The average molecular weight is 141 g/mol. The predicted molar refractivity (Wildman–Crippen MR) is 33.9 cm³/mol. The molecule has 1 rings (SSSR count). The fraction of sp³-hybridized carbons (Fsp3) is 0.400. The van der Waals surface area contributed by atoms with Crippen LogP contribution in [0.5, 0.6) is 0 Å². The number of rotatable bonds is 2. The van der Waals surface area contributed by atoms with E-state index in [-0.39, 0.29) is 11.5 Å². The summed E-state index contributed by atoms with van der Waals surface area (Å²) in [6.45, 7) is -0.156. The lowest BCUT2D eigenvalue weighted by molar-refractivity contribution is -0.497. The first-order valence-electron chi connectivity index (χ1n) is 2.79. The van der Waals surface area contributed by atoms with Gasteiger partial charge in [-0.1, -0.05) is 0 Å². The molecule has 0 aliphatic heterocycles. The SMILES string of the molecule is Cn1nccc1C[N+](=O)[O-]. The van der Waals surface area contributed by atoms with Crippen LogP contribution in [-0.4, -0.2) is 14.7 Å². The topological polar surface area (TPSA) is 61.0 Å². The quantitative estimate of drug-likeness (QED) is 0.436. The summed E-state index contributed by atoms with van der Waals surface area (Å²) < 4.78 is 1.49. The third-order valence-electron chi connectivity index (χ3n) is 1.21. The molecule has 0 radical (unpaired) electrons. The highest BCUT2D eigenvalue weighted by molar-refractivity contribution is 4.97. The van der Waals surface area contributed by atoms with Crippen molar-refractivity contribution < 1.29 is 4.92 Å². The average Bonchev–Trinajstić information content (AvgIpc) is 2.15. The van der Waals surface area contributed by atoms with Crippen molar-refractivity contribution in [2.24, 2.45) is 7.05 Å². The van der Waals surface area contributed by atoms with E-state index in [9.17, 15) is 10.1 Å². The van der Waals surface area contributed by atoms with E-state index in [2.05, 4.69) is 5.10 Å². The molecule has 0 aromatic carbocycles. The minimum absolute atomic E-state index is 0.156. The Morgan fingerprint density at radius 1 is 1.90 bits per heavy atom. The van der Waals surface area contributed by atoms with Crippen LogP contribution < -0.4 is 0 Å². The van der Waals surface area contributed by atoms with Crippen LogP contribution in [0.15, 0.2) is 12.3 Å². The van der Waals surface area contributed by atoms with Gasteiger partial charge >= 0.3 is 0 Å². The molecule has 0 saturated carbocycles. The summed E-state index contributed by atoms with van der Waals surface area (Å²) in [6, 6.07) is 1.63. The van der Waals surface area contributed by atoms with Crippen molar-refractivity contribution in [3.05, 3.63) is 28.1 Å². The summed E-state index contributed by atoms with van der Waals surface area (Å²) in [5, 5.41) is 13.8. The molecule has 5 nitrogen and oxygen atoms in total. The minimum Gasteiger partial charge on any atom is -0.266 e. The van der Waals surface area contributed by atoms with Gasteiger partial charge in [-0.05, 0) is 6.07 Å². The molecule has 0 aliphatic carbocycles. The summed E-state index contributed by atoms with van der Waals surface area (Å²) in [6.07, 6.45) is 1.54. The monoisotopic (exact) mass is 141 g/mol. The molecular weight excluding hydrogens is 134 g/mol. The molecule has 0 spiro atoms. The van der Waals surface area contributed by atoms with Gasteiger partial charge in [0.15, 0.2) is 0 Å². The van der Waals surface area contributed by atoms with Crippen molar-refractivity contribution in [3.63, 3.8) is 0 Å². The van der Waals surface area contributed by atoms with Crippen molar-refractivity contribution >= 4 is 0 Å². The van der Waals surface area contributed by atoms with Crippen molar-refractivity contribution in [2.75, 3.05) is 0 Å². The second-order valence-corrected chi connectivity index (χ2v) is 1.94. The third-order valence-corrected chi connectivity index (χ3v) is 1.21. The van der Waals surface area contributed by atoms with Gasteiger partial charge in [0.25, 0.3) is 0 Å². The molecule has 10 heavy (non-hydrogen) atoms. The van der Waals surface area contributed by atoms with Crippen molar-refractivity contribution in [1.82, 2.24) is 9.78 Å². The van der Waals surface area contributed by atoms with E-state index >= 15 is 0 Å². The van der Waals surface area contributed by atoms with Gasteiger partial charge in [0, 0.05) is 18.2 Å². The van der Waals surface area contributed by atoms with Crippen LogP contribution in [0, 0.1) is 10.1 Å². The fourth-order valence-electron chi connectivity index (χ4n) is 0.689. The third kappa shape index (κ3) is 1.31. The summed E-state index contributed by atoms with van der Waals surface area (Å²) >= 11 is 0. The number of hydrogen-bond donors (Lipinski definition) is 0. The van der Waals surface area contributed by atoms with Crippen molar-refractivity contribution in [2.45, 2.75) is 6.54 Å². The standard InChI is InChI=1S/C5H7N3O2/c1-7-5(2-3-6-7)4-8(9)10/h2-3H,4H2,1H3. The minimum atomic E-state index is -0.378. The maximum absolute atomic E-state index is 9.98. The Morgan fingerprint density at radius 2 is 2.60 bits per heavy atom. The number of nitro groups is 1. The normalized spacial score (nSPS) is 9.70. The van der Waals surface area contributed by atoms with E-state index < -0.39 is 0 Å². The second-order valence-electron chi connectivity index (χ2n) is 1.94. The van der Waals surface area contributed by atoms with Gasteiger partial charge in [-0.3, -0.25) is 14.8 Å². The Kier molecular flexibility index (Phi) is 1.66. The van der Waals surface area contributed by atoms with E-state index in [1.807, 2.05) is 0 Å². The van der Waals surface area contributed by atoms with Crippen LogP contribution in [-0.2, 0) is 13.6 Å². The molecule has 0 N–H and O–H groups in total.